The van der Waals surface area contributed by atoms with E-state index in [2.05, 4.69) is 24.3 Å². The molecular formula is C25H22N2O3S2. The Morgan fingerprint density at radius 1 is 0.875 bits per heavy atom. The Morgan fingerprint density at radius 2 is 1.72 bits per heavy atom. The third-order valence-electron chi connectivity index (χ3n) is 6.72. The second-order valence-electron chi connectivity index (χ2n) is 8.70. The van der Waals surface area contributed by atoms with Crippen LogP contribution in [0, 0.1) is 5.92 Å². The van der Waals surface area contributed by atoms with Crippen molar-refractivity contribution in [2.75, 3.05) is 13.1 Å². The van der Waals surface area contributed by atoms with Gasteiger partial charge >= 0.3 is 0 Å². The molecule has 4 heterocycles. The number of rotatable bonds is 3. The van der Waals surface area contributed by atoms with Crippen LogP contribution in [0.1, 0.15) is 18.0 Å². The minimum absolute atomic E-state index is 0.0158. The second-order valence-corrected chi connectivity index (χ2v) is 11.8. The molecule has 7 heteroatoms. The summed E-state index contributed by atoms with van der Waals surface area (Å²) in [6, 6.07) is 21.6. The number of fused-ring (bicyclic) bond motifs is 5. The molecule has 2 aliphatic rings. The van der Waals surface area contributed by atoms with Crippen LogP contribution in [0.3, 0.4) is 0 Å². The van der Waals surface area contributed by atoms with Crippen LogP contribution in [-0.2, 0) is 16.6 Å². The number of benzene rings is 2. The lowest BCUT2D eigenvalue weighted by atomic mass is 9.84. The van der Waals surface area contributed by atoms with E-state index in [0.29, 0.717) is 29.4 Å². The van der Waals surface area contributed by atoms with E-state index in [1.54, 1.807) is 21.8 Å². The highest BCUT2D eigenvalue weighted by molar-refractivity contribution is 7.91. The van der Waals surface area contributed by atoms with Crippen LogP contribution < -0.4 is 5.56 Å². The number of hydrogen-bond acceptors (Lipinski definition) is 4. The molecule has 2 aromatic carbocycles. The van der Waals surface area contributed by atoms with Gasteiger partial charge in [0.1, 0.15) is 4.21 Å². The van der Waals surface area contributed by atoms with Gasteiger partial charge in [-0.25, -0.2) is 8.42 Å². The van der Waals surface area contributed by atoms with Gasteiger partial charge in [-0.1, -0.05) is 42.5 Å². The summed E-state index contributed by atoms with van der Waals surface area (Å²) in [5, 5.41) is 4.05. The maximum Gasteiger partial charge on any atom is 0.258 e. The van der Waals surface area contributed by atoms with Crippen molar-refractivity contribution in [1.29, 1.82) is 0 Å². The molecule has 162 valence electrons. The maximum atomic E-state index is 13.5. The van der Waals surface area contributed by atoms with Gasteiger partial charge in [0, 0.05) is 36.8 Å². The highest BCUT2D eigenvalue weighted by Gasteiger charge is 2.40. The quantitative estimate of drug-likeness (QED) is 0.449. The predicted molar refractivity (Wildman–Crippen MR) is 128 cm³/mol. The first-order valence-corrected chi connectivity index (χ1v) is 13.1. The largest absolute Gasteiger partial charge is 0.311 e. The summed E-state index contributed by atoms with van der Waals surface area (Å²) < 4.78 is 30.0. The third-order valence-corrected chi connectivity index (χ3v) is 9.93. The topological polar surface area (TPSA) is 59.4 Å². The van der Waals surface area contributed by atoms with E-state index in [1.165, 1.54) is 11.3 Å². The summed E-state index contributed by atoms with van der Waals surface area (Å²) in [6.45, 7) is 1.44. The molecule has 0 saturated carbocycles. The van der Waals surface area contributed by atoms with Crippen LogP contribution in [0.4, 0.5) is 0 Å². The Bertz CT molecular complexity index is 1490. The van der Waals surface area contributed by atoms with Crippen molar-refractivity contribution in [1.82, 2.24) is 8.87 Å². The minimum Gasteiger partial charge on any atom is -0.311 e. The monoisotopic (exact) mass is 462 g/mol. The van der Waals surface area contributed by atoms with Gasteiger partial charge in [-0.3, -0.25) is 4.79 Å². The van der Waals surface area contributed by atoms with E-state index in [-0.39, 0.29) is 17.4 Å². The van der Waals surface area contributed by atoms with E-state index in [9.17, 15) is 13.2 Å². The van der Waals surface area contributed by atoms with Gasteiger partial charge in [-0.05, 0) is 58.3 Å². The molecule has 2 aromatic heterocycles. The van der Waals surface area contributed by atoms with Gasteiger partial charge in [0.2, 0.25) is 0 Å². The Kier molecular flexibility index (Phi) is 4.61. The van der Waals surface area contributed by atoms with Gasteiger partial charge in [0.15, 0.2) is 0 Å². The molecule has 1 fully saturated rings. The Morgan fingerprint density at radius 3 is 2.53 bits per heavy atom. The summed E-state index contributed by atoms with van der Waals surface area (Å²) in [7, 11) is -3.48. The van der Waals surface area contributed by atoms with E-state index >= 15 is 0 Å². The van der Waals surface area contributed by atoms with Crippen LogP contribution in [0.2, 0.25) is 0 Å². The van der Waals surface area contributed by atoms with Crippen molar-refractivity contribution in [3.63, 3.8) is 0 Å². The van der Waals surface area contributed by atoms with Crippen LogP contribution in [0.25, 0.3) is 21.9 Å². The molecule has 4 aromatic rings. The van der Waals surface area contributed by atoms with Gasteiger partial charge in [0.25, 0.3) is 15.6 Å². The average molecular weight is 463 g/mol. The Balaban J connectivity index is 1.37. The standard InChI is InChI=1S/C25H22N2O3S2/c28-25-22(20-8-7-18-4-1-2-5-19(18)13-20)9-10-23-21-12-17(15-27(23)25)14-26(16-21)32(29,30)24-6-3-11-31-24/h1-11,13,17,21H,12,14-16H2/t17-,21-/m1/s1. The highest BCUT2D eigenvalue weighted by atomic mass is 32.2. The number of nitrogens with zero attached hydrogens (tertiary/aromatic N) is 2. The normalized spacial score (nSPS) is 20.9. The molecule has 0 amide bonds. The van der Waals surface area contributed by atoms with Crippen LogP contribution in [0.15, 0.2) is 81.1 Å². The number of thiophene rings is 1. The van der Waals surface area contributed by atoms with E-state index < -0.39 is 10.0 Å². The molecule has 1 saturated heterocycles. The molecule has 0 N–H and O–H groups in total. The summed E-state index contributed by atoms with van der Waals surface area (Å²) in [5.41, 5.74) is 2.58. The maximum absolute atomic E-state index is 13.5. The molecular weight excluding hydrogens is 440 g/mol. The Labute approximate surface area is 190 Å². The molecule has 0 unspecified atom stereocenters. The fraction of sp³-hybridized carbons (Fsp3) is 0.240. The zero-order chi connectivity index (χ0) is 21.9. The van der Waals surface area contributed by atoms with Gasteiger partial charge in [0.05, 0.1) is 0 Å². The highest BCUT2D eigenvalue weighted by Crippen LogP contribution is 2.38. The molecule has 2 aliphatic heterocycles. The van der Waals surface area contributed by atoms with E-state index in [0.717, 1.165) is 28.5 Å². The van der Waals surface area contributed by atoms with Crippen LogP contribution in [0.5, 0.6) is 0 Å². The average Bonchev–Trinajstić information content (AvgIpc) is 3.35. The van der Waals surface area contributed by atoms with Crippen molar-refractivity contribution < 1.29 is 8.42 Å². The number of sulfonamides is 1. The van der Waals surface area contributed by atoms with Crippen molar-refractivity contribution in [2.45, 2.75) is 23.1 Å². The zero-order valence-electron chi connectivity index (χ0n) is 17.3. The van der Waals surface area contributed by atoms with E-state index in [1.807, 2.05) is 34.9 Å². The second kappa shape index (κ2) is 7.40. The predicted octanol–water partition coefficient (Wildman–Crippen LogP) is 4.54. The first kappa shape index (κ1) is 19.9. The first-order valence-electron chi connectivity index (χ1n) is 10.8. The molecule has 0 aliphatic carbocycles. The number of pyridine rings is 1. The number of aromatic nitrogens is 1. The molecule has 2 bridgehead atoms. The Hall–Kier alpha value is -2.74. The number of hydrogen-bond donors (Lipinski definition) is 0. The van der Waals surface area contributed by atoms with Gasteiger partial charge in [-0.15, -0.1) is 11.3 Å². The van der Waals surface area contributed by atoms with Gasteiger partial charge in [-0.2, -0.15) is 4.31 Å². The molecule has 32 heavy (non-hydrogen) atoms. The fourth-order valence-electron chi connectivity index (χ4n) is 5.21. The van der Waals surface area contributed by atoms with Crippen molar-refractivity contribution >= 4 is 32.1 Å². The smallest absolute Gasteiger partial charge is 0.258 e. The molecule has 0 radical (unpaired) electrons. The fourth-order valence-corrected chi connectivity index (χ4v) is 7.92. The van der Waals surface area contributed by atoms with Crippen LogP contribution in [-0.4, -0.2) is 30.4 Å². The third kappa shape index (κ3) is 3.15. The number of piperidine rings is 1. The van der Waals surface area contributed by atoms with Gasteiger partial charge < -0.3 is 4.57 Å². The SMILES string of the molecule is O=c1c(-c2ccc3ccccc3c2)ccc2n1C[C@@H]1C[C@@H]2CN(S(=O)(=O)c2cccs2)C1. The van der Waals surface area contributed by atoms with Crippen molar-refractivity contribution in [3.8, 4) is 11.1 Å². The molecule has 6 rings (SSSR count). The summed E-state index contributed by atoms with van der Waals surface area (Å²) in [4.78, 5) is 13.5. The van der Waals surface area contributed by atoms with Crippen molar-refractivity contribution in [3.05, 3.63) is 88.2 Å². The lowest BCUT2D eigenvalue weighted by Gasteiger charge is -2.42. The van der Waals surface area contributed by atoms with Crippen molar-refractivity contribution in [2.24, 2.45) is 5.92 Å². The lowest BCUT2D eigenvalue weighted by molar-refractivity contribution is 0.186. The molecule has 0 spiro atoms. The lowest BCUT2D eigenvalue weighted by Crippen LogP contribution is -2.49. The molecule has 5 nitrogen and oxygen atoms in total. The summed E-state index contributed by atoms with van der Waals surface area (Å²) in [5.74, 6) is 0.177. The first-order chi connectivity index (χ1) is 15.5. The minimum atomic E-state index is -3.48. The van der Waals surface area contributed by atoms with Crippen LogP contribution >= 0.6 is 11.3 Å². The summed E-state index contributed by atoms with van der Waals surface area (Å²) in [6.07, 6.45) is 0.922. The summed E-state index contributed by atoms with van der Waals surface area (Å²) >= 11 is 1.26. The zero-order valence-corrected chi connectivity index (χ0v) is 19.0. The van der Waals surface area contributed by atoms with E-state index in [4.69, 9.17) is 0 Å². The molecule has 2 atom stereocenters.